The van der Waals surface area contributed by atoms with Crippen molar-refractivity contribution in [2.24, 2.45) is 0 Å². The molecule has 36 heavy (non-hydrogen) atoms. The van der Waals surface area contributed by atoms with Crippen molar-refractivity contribution in [1.29, 1.82) is 0 Å². The molecule has 0 radical (unpaired) electrons. The molecule has 0 aliphatic rings. The van der Waals surface area contributed by atoms with Crippen molar-refractivity contribution in [3.8, 4) is 11.5 Å². The highest BCUT2D eigenvalue weighted by atomic mass is 16.5. The Morgan fingerprint density at radius 3 is 2.19 bits per heavy atom. The molecule has 0 amide bonds. The minimum Gasteiger partial charge on any atom is -0.494 e. The lowest BCUT2D eigenvalue weighted by Crippen LogP contribution is -2.08. The molecular weight excluding hydrogens is 454 g/mol. The van der Waals surface area contributed by atoms with E-state index < -0.39 is 5.97 Å². The van der Waals surface area contributed by atoms with Crippen molar-refractivity contribution in [1.82, 2.24) is 4.98 Å². The Morgan fingerprint density at radius 1 is 0.833 bits per heavy atom. The number of hydrogen-bond donors (Lipinski definition) is 0. The number of carbonyl (C=O) groups is 2. The van der Waals surface area contributed by atoms with Crippen molar-refractivity contribution < 1.29 is 23.8 Å². The van der Waals surface area contributed by atoms with Gasteiger partial charge in [-0.2, -0.15) is 0 Å². The first-order chi connectivity index (χ1) is 17.5. The van der Waals surface area contributed by atoms with Crippen molar-refractivity contribution in [2.45, 2.75) is 32.6 Å². The minimum atomic E-state index is -0.425. The molecule has 1 aromatic heterocycles. The average molecular weight is 486 g/mol. The molecule has 0 fully saturated rings. The van der Waals surface area contributed by atoms with E-state index in [9.17, 15) is 9.59 Å². The van der Waals surface area contributed by atoms with Crippen LogP contribution in [0.5, 0.6) is 11.5 Å². The molecule has 0 atom stereocenters. The first-order valence-corrected chi connectivity index (χ1v) is 12.0. The van der Waals surface area contributed by atoms with Crippen LogP contribution in [-0.4, -0.2) is 30.1 Å². The van der Waals surface area contributed by atoms with Crippen LogP contribution in [-0.2, 0) is 9.53 Å². The van der Waals surface area contributed by atoms with Crippen LogP contribution in [0.1, 0.15) is 54.2 Å². The van der Waals surface area contributed by atoms with E-state index in [0.717, 1.165) is 36.9 Å². The van der Waals surface area contributed by atoms with Crippen molar-refractivity contribution in [3.63, 3.8) is 0 Å². The van der Waals surface area contributed by atoms with Crippen molar-refractivity contribution in [3.05, 3.63) is 102 Å². The molecule has 3 rings (SSSR count). The van der Waals surface area contributed by atoms with Gasteiger partial charge in [-0.25, -0.2) is 9.59 Å². The van der Waals surface area contributed by atoms with Crippen LogP contribution in [0.3, 0.4) is 0 Å². The summed E-state index contributed by atoms with van der Waals surface area (Å²) in [7, 11) is 0. The summed E-state index contributed by atoms with van der Waals surface area (Å²) in [6.45, 7) is 6.18. The molecule has 186 valence electrons. The number of nitrogens with zero attached hydrogens (tertiary/aromatic N) is 1. The highest BCUT2D eigenvalue weighted by molar-refractivity contribution is 5.91. The molecule has 6 heteroatoms. The standard InChI is InChI=1S/C30H31NO5/c1-23(2)29(32)35-22-8-4-3-7-21-34-27-18-13-25(14-19-27)30(33)36-28-16-11-24(12-17-28)10-15-26-9-5-6-20-31-26/h5-6,9-20H,1,3-4,7-8,21-22H2,2H3. The molecular formula is C30H31NO5. The van der Waals surface area contributed by atoms with Crippen LogP contribution in [0.2, 0.25) is 0 Å². The molecule has 0 spiro atoms. The summed E-state index contributed by atoms with van der Waals surface area (Å²) >= 11 is 0. The Morgan fingerprint density at radius 2 is 1.53 bits per heavy atom. The number of hydrogen-bond acceptors (Lipinski definition) is 6. The molecule has 0 saturated heterocycles. The molecule has 0 aliphatic carbocycles. The van der Waals surface area contributed by atoms with Gasteiger partial charge in [-0.05, 0) is 92.8 Å². The lowest BCUT2D eigenvalue weighted by Gasteiger charge is -2.08. The maximum atomic E-state index is 12.5. The van der Waals surface area contributed by atoms with Crippen LogP contribution in [0.25, 0.3) is 12.2 Å². The van der Waals surface area contributed by atoms with Gasteiger partial charge in [0.25, 0.3) is 0 Å². The lowest BCUT2D eigenvalue weighted by atomic mass is 10.2. The van der Waals surface area contributed by atoms with Gasteiger partial charge < -0.3 is 14.2 Å². The summed E-state index contributed by atoms with van der Waals surface area (Å²) in [6.07, 6.45) is 9.28. The van der Waals surface area contributed by atoms with Crippen molar-refractivity contribution >= 4 is 24.1 Å². The number of aromatic nitrogens is 1. The van der Waals surface area contributed by atoms with Gasteiger partial charge in [0.2, 0.25) is 0 Å². The Labute approximate surface area is 212 Å². The lowest BCUT2D eigenvalue weighted by molar-refractivity contribution is -0.139. The number of carbonyl (C=O) groups excluding carboxylic acids is 2. The Kier molecular flexibility index (Phi) is 10.5. The third-order valence-electron chi connectivity index (χ3n) is 5.20. The molecule has 1 heterocycles. The average Bonchev–Trinajstić information content (AvgIpc) is 2.90. The van der Waals surface area contributed by atoms with Crippen LogP contribution in [0.4, 0.5) is 0 Å². The zero-order valence-corrected chi connectivity index (χ0v) is 20.5. The molecule has 0 bridgehead atoms. The molecule has 6 nitrogen and oxygen atoms in total. The normalized spacial score (nSPS) is 10.7. The fourth-order valence-corrected chi connectivity index (χ4v) is 3.19. The van der Waals surface area contributed by atoms with Crippen LogP contribution < -0.4 is 9.47 Å². The second-order valence-electron chi connectivity index (χ2n) is 8.25. The number of esters is 2. The molecule has 0 unspecified atom stereocenters. The van der Waals surface area contributed by atoms with Gasteiger partial charge in [0.05, 0.1) is 24.5 Å². The fourth-order valence-electron chi connectivity index (χ4n) is 3.19. The van der Waals surface area contributed by atoms with Gasteiger partial charge in [-0.1, -0.05) is 30.9 Å². The smallest absolute Gasteiger partial charge is 0.343 e. The summed E-state index contributed by atoms with van der Waals surface area (Å²) in [5, 5.41) is 0. The molecule has 0 aliphatic heterocycles. The first-order valence-electron chi connectivity index (χ1n) is 12.0. The maximum absolute atomic E-state index is 12.5. The second-order valence-corrected chi connectivity index (χ2v) is 8.25. The van der Waals surface area contributed by atoms with Gasteiger partial charge >= 0.3 is 11.9 Å². The SMILES string of the molecule is C=C(C)C(=O)OCCCCCCOc1ccc(C(=O)Oc2ccc(C=Cc3ccccn3)cc2)cc1. The van der Waals surface area contributed by atoms with E-state index in [4.69, 9.17) is 14.2 Å². The van der Waals surface area contributed by atoms with E-state index in [1.807, 2.05) is 42.5 Å². The minimum absolute atomic E-state index is 0.339. The monoisotopic (exact) mass is 485 g/mol. The third kappa shape index (κ3) is 9.22. The number of unbranched alkanes of at least 4 members (excludes halogenated alkanes) is 3. The third-order valence-corrected chi connectivity index (χ3v) is 5.20. The van der Waals surface area contributed by atoms with E-state index >= 15 is 0 Å². The molecule has 0 saturated carbocycles. The number of pyridine rings is 1. The summed E-state index contributed by atoms with van der Waals surface area (Å²) in [6, 6.07) is 19.9. The van der Waals surface area contributed by atoms with Gasteiger partial charge in [0, 0.05) is 11.8 Å². The van der Waals surface area contributed by atoms with Gasteiger partial charge in [-0.3, -0.25) is 4.98 Å². The zero-order valence-electron chi connectivity index (χ0n) is 20.5. The Hall–Kier alpha value is -4.19. The molecule has 2 aromatic carbocycles. The van der Waals surface area contributed by atoms with Crippen LogP contribution in [0.15, 0.2) is 85.1 Å². The highest BCUT2D eigenvalue weighted by Crippen LogP contribution is 2.18. The number of rotatable bonds is 13. The Bertz CT molecular complexity index is 1150. The molecule has 0 N–H and O–H groups in total. The van der Waals surface area contributed by atoms with Gasteiger partial charge in [0.1, 0.15) is 11.5 Å². The highest BCUT2D eigenvalue weighted by Gasteiger charge is 2.09. The summed E-state index contributed by atoms with van der Waals surface area (Å²) in [4.78, 5) is 28.0. The maximum Gasteiger partial charge on any atom is 0.343 e. The van der Waals surface area contributed by atoms with E-state index in [1.54, 1.807) is 49.5 Å². The topological polar surface area (TPSA) is 74.7 Å². The molecule has 3 aromatic rings. The zero-order chi connectivity index (χ0) is 25.6. The largest absolute Gasteiger partial charge is 0.494 e. The first kappa shape index (κ1) is 26.4. The summed E-state index contributed by atoms with van der Waals surface area (Å²) in [5.41, 5.74) is 2.72. The van der Waals surface area contributed by atoms with E-state index in [2.05, 4.69) is 11.6 Å². The van der Waals surface area contributed by atoms with Gasteiger partial charge in [-0.15, -0.1) is 0 Å². The second kappa shape index (κ2) is 14.3. The Balaban J connectivity index is 1.35. The number of ether oxygens (including phenoxy) is 3. The number of benzene rings is 2. The summed E-state index contributed by atoms with van der Waals surface area (Å²) in [5.74, 6) is 0.412. The fraction of sp³-hybridized carbons (Fsp3) is 0.233. The van der Waals surface area contributed by atoms with Crippen LogP contribution in [0, 0.1) is 0 Å². The quantitative estimate of drug-likeness (QED) is 0.119. The van der Waals surface area contributed by atoms with E-state index in [0.29, 0.717) is 35.8 Å². The van der Waals surface area contributed by atoms with E-state index in [-0.39, 0.29) is 5.97 Å². The summed E-state index contributed by atoms with van der Waals surface area (Å²) < 4.78 is 16.3. The predicted molar refractivity (Wildman–Crippen MR) is 141 cm³/mol. The van der Waals surface area contributed by atoms with Crippen molar-refractivity contribution in [2.75, 3.05) is 13.2 Å². The van der Waals surface area contributed by atoms with E-state index in [1.165, 1.54) is 0 Å². The predicted octanol–water partition coefficient (Wildman–Crippen LogP) is 6.53. The van der Waals surface area contributed by atoms with Gasteiger partial charge in [0.15, 0.2) is 0 Å². The van der Waals surface area contributed by atoms with Crippen LogP contribution >= 0.6 is 0 Å².